The summed E-state index contributed by atoms with van der Waals surface area (Å²) in [6.45, 7) is 1.06. The molecule has 1 aromatic carbocycles. The molecule has 0 amide bonds. The quantitative estimate of drug-likeness (QED) is 0.819. The van der Waals surface area contributed by atoms with E-state index in [2.05, 4.69) is 32.6 Å². The zero-order valence-electron chi connectivity index (χ0n) is 14.0. The second-order valence-electron chi connectivity index (χ2n) is 6.33. The van der Waals surface area contributed by atoms with Gasteiger partial charge in [0.05, 0.1) is 13.2 Å². The third-order valence-electron chi connectivity index (χ3n) is 4.73. The molecule has 0 spiro atoms. The predicted molar refractivity (Wildman–Crippen MR) is 86.9 cm³/mol. The number of rotatable bonds is 4. The van der Waals surface area contributed by atoms with Crippen molar-refractivity contribution in [2.45, 2.75) is 24.4 Å². The van der Waals surface area contributed by atoms with Gasteiger partial charge in [0.1, 0.15) is 24.4 Å². The number of hydrogen-bond donors (Lipinski definition) is 0. The van der Waals surface area contributed by atoms with E-state index in [4.69, 9.17) is 14.2 Å². The zero-order chi connectivity index (χ0) is 16.7. The summed E-state index contributed by atoms with van der Waals surface area (Å²) in [6, 6.07) is 8.11. The van der Waals surface area contributed by atoms with Crippen molar-refractivity contribution >= 4 is 5.69 Å². The van der Waals surface area contributed by atoms with E-state index in [1.165, 1.54) is 0 Å². The van der Waals surface area contributed by atoms with Crippen LogP contribution in [0.2, 0.25) is 0 Å². The molecule has 0 unspecified atom stereocenters. The van der Waals surface area contributed by atoms with Crippen LogP contribution in [-0.2, 0) is 14.2 Å². The first-order chi connectivity index (χ1) is 11.7. The van der Waals surface area contributed by atoms with Gasteiger partial charge in [-0.05, 0) is 34.7 Å². The Morgan fingerprint density at radius 1 is 1.12 bits per heavy atom. The van der Waals surface area contributed by atoms with E-state index in [9.17, 15) is 0 Å². The average molecular weight is 331 g/mol. The van der Waals surface area contributed by atoms with E-state index in [1.54, 1.807) is 7.11 Å². The molecule has 0 bridgehead atoms. The van der Waals surface area contributed by atoms with Crippen LogP contribution in [0.25, 0.3) is 11.4 Å². The molecule has 4 atom stereocenters. The molecule has 0 N–H and O–H groups in total. The first-order valence-corrected chi connectivity index (χ1v) is 8.00. The molecule has 1 aromatic heterocycles. The van der Waals surface area contributed by atoms with Crippen LogP contribution in [0.3, 0.4) is 0 Å². The summed E-state index contributed by atoms with van der Waals surface area (Å²) in [5.41, 5.74) is 2.10. The minimum absolute atomic E-state index is 0.0284. The largest absolute Gasteiger partial charge is 0.378 e. The van der Waals surface area contributed by atoms with Crippen LogP contribution in [0.1, 0.15) is 6.04 Å². The molecule has 8 heteroatoms. The maximum Gasteiger partial charge on any atom is 0.182 e. The Bertz CT molecular complexity index is 702. The fourth-order valence-corrected chi connectivity index (χ4v) is 3.37. The lowest BCUT2D eigenvalue weighted by atomic mass is 10.1. The highest BCUT2D eigenvalue weighted by molar-refractivity contribution is 5.60. The van der Waals surface area contributed by atoms with Crippen molar-refractivity contribution in [3.8, 4) is 11.4 Å². The van der Waals surface area contributed by atoms with Gasteiger partial charge in [-0.1, -0.05) is 0 Å². The standard InChI is InChI=1S/C16H21N5O3/c1-20(2)11-6-4-10(5-7-11)16-17-18-19-21(16)12-8-23-15-13(22-3)9-24-14(12)15/h4-7,12-15H,8-9H2,1-3H3/t12-,13-,14-,15+/m1/s1. The van der Waals surface area contributed by atoms with Crippen LogP contribution in [0.5, 0.6) is 0 Å². The highest BCUT2D eigenvalue weighted by Gasteiger charge is 2.49. The second kappa shape index (κ2) is 6.12. The Labute approximate surface area is 140 Å². The Morgan fingerprint density at radius 3 is 2.58 bits per heavy atom. The summed E-state index contributed by atoms with van der Waals surface area (Å²) >= 11 is 0. The molecular formula is C16H21N5O3. The van der Waals surface area contributed by atoms with Crippen molar-refractivity contribution < 1.29 is 14.2 Å². The van der Waals surface area contributed by atoms with Crippen LogP contribution < -0.4 is 4.90 Å². The SMILES string of the molecule is CO[C@@H]1CO[C@H]2[C@H]1OC[C@H]2n1nnnc1-c1ccc(N(C)C)cc1. The van der Waals surface area contributed by atoms with Crippen LogP contribution in [0.15, 0.2) is 24.3 Å². The van der Waals surface area contributed by atoms with E-state index in [0.29, 0.717) is 13.2 Å². The molecule has 2 aliphatic rings. The molecule has 128 valence electrons. The number of aromatic nitrogens is 4. The Kier molecular flexibility index (Phi) is 3.95. The van der Waals surface area contributed by atoms with Gasteiger partial charge in [-0.15, -0.1) is 5.10 Å². The Balaban J connectivity index is 1.61. The topological polar surface area (TPSA) is 74.5 Å². The molecule has 0 saturated carbocycles. The molecule has 3 heterocycles. The average Bonchev–Trinajstić information content (AvgIpc) is 3.30. The number of tetrazole rings is 1. The minimum atomic E-state index is -0.0850. The monoisotopic (exact) mass is 331 g/mol. The third-order valence-corrected chi connectivity index (χ3v) is 4.73. The van der Waals surface area contributed by atoms with Crippen molar-refractivity contribution in [2.24, 2.45) is 0 Å². The Hall–Kier alpha value is -2.03. The molecule has 2 fully saturated rings. The number of benzene rings is 1. The van der Waals surface area contributed by atoms with E-state index in [-0.39, 0.29) is 24.4 Å². The molecule has 2 aliphatic heterocycles. The number of hydrogen-bond acceptors (Lipinski definition) is 7. The summed E-state index contributed by atoms with van der Waals surface area (Å²) in [5.74, 6) is 0.721. The summed E-state index contributed by atoms with van der Waals surface area (Å²) in [5, 5.41) is 12.3. The molecule has 2 aromatic rings. The van der Waals surface area contributed by atoms with Crippen molar-refractivity contribution in [2.75, 3.05) is 39.3 Å². The first-order valence-electron chi connectivity index (χ1n) is 8.00. The number of fused-ring (bicyclic) bond motifs is 1. The van der Waals surface area contributed by atoms with Crippen molar-refractivity contribution in [1.29, 1.82) is 0 Å². The lowest BCUT2D eigenvalue weighted by Crippen LogP contribution is -2.31. The predicted octanol–water partition coefficient (Wildman–Crippen LogP) is 0.760. The molecule has 0 aliphatic carbocycles. The second-order valence-corrected chi connectivity index (χ2v) is 6.33. The molecule has 2 saturated heterocycles. The van der Waals surface area contributed by atoms with E-state index < -0.39 is 0 Å². The summed E-state index contributed by atoms with van der Waals surface area (Å²) in [6.07, 6.45) is -0.175. The van der Waals surface area contributed by atoms with E-state index in [1.807, 2.05) is 30.9 Å². The van der Waals surface area contributed by atoms with Crippen LogP contribution >= 0.6 is 0 Å². The molecular weight excluding hydrogens is 310 g/mol. The first kappa shape index (κ1) is 15.5. The maximum atomic E-state index is 5.89. The van der Waals surface area contributed by atoms with Crippen molar-refractivity contribution in [3.05, 3.63) is 24.3 Å². The number of anilines is 1. The van der Waals surface area contributed by atoms with Crippen LogP contribution in [-0.4, -0.2) is 72.9 Å². The van der Waals surface area contributed by atoms with Gasteiger partial charge in [0, 0.05) is 32.5 Å². The maximum absolute atomic E-state index is 5.89. The van der Waals surface area contributed by atoms with Gasteiger partial charge in [0.15, 0.2) is 5.82 Å². The zero-order valence-corrected chi connectivity index (χ0v) is 14.0. The van der Waals surface area contributed by atoms with Gasteiger partial charge >= 0.3 is 0 Å². The highest BCUT2D eigenvalue weighted by atomic mass is 16.6. The summed E-state index contributed by atoms with van der Waals surface area (Å²) in [4.78, 5) is 2.05. The van der Waals surface area contributed by atoms with Gasteiger partial charge in [-0.3, -0.25) is 0 Å². The normalized spacial score (nSPS) is 29.0. The van der Waals surface area contributed by atoms with Gasteiger partial charge in [-0.25, -0.2) is 4.68 Å². The summed E-state index contributed by atoms with van der Waals surface area (Å²) < 4.78 is 19.0. The smallest absolute Gasteiger partial charge is 0.182 e. The van der Waals surface area contributed by atoms with Crippen LogP contribution in [0, 0.1) is 0 Å². The van der Waals surface area contributed by atoms with Gasteiger partial charge < -0.3 is 19.1 Å². The van der Waals surface area contributed by atoms with Gasteiger partial charge in [0.25, 0.3) is 0 Å². The molecule has 24 heavy (non-hydrogen) atoms. The van der Waals surface area contributed by atoms with Gasteiger partial charge in [-0.2, -0.15) is 0 Å². The number of nitrogens with zero attached hydrogens (tertiary/aromatic N) is 5. The number of ether oxygens (including phenoxy) is 3. The molecule has 4 rings (SSSR count). The molecule has 8 nitrogen and oxygen atoms in total. The fourth-order valence-electron chi connectivity index (χ4n) is 3.37. The number of methoxy groups -OCH3 is 1. The third kappa shape index (κ3) is 2.47. The highest BCUT2D eigenvalue weighted by Crippen LogP contribution is 2.36. The lowest BCUT2D eigenvalue weighted by Gasteiger charge is -2.17. The lowest BCUT2D eigenvalue weighted by molar-refractivity contribution is -0.00906. The van der Waals surface area contributed by atoms with E-state index in [0.717, 1.165) is 17.1 Å². The van der Waals surface area contributed by atoms with E-state index >= 15 is 0 Å². The minimum Gasteiger partial charge on any atom is -0.378 e. The Morgan fingerprint density at radius 2 is 1.88 bits per heavy atom. The molecule has 0 radical (unpaired) electrons. The van der Waals surface area contributed by atoms with Gasteiger partial charge in [0.2, 0.25) is 0 Å². The van der Waals surface area contributed by atoms with Crippen molar-refractivity contribution in [3.63, 3.8) is 0 Å². The summed E-state index contributed by atoms with van der Waals surface area (Å²) in [7, 11) is 5.71. The van der Waals surface area contributed by atoms with Crippen LogP contribution in [0.4, 0.5) is 5.69 Å². The fraction of sp³-hybridized carbons (Fsp3) is 0.562. The van der Waals surface area contributed by atoms with Crippen molar-refractivity contribution in [1.82, 2.24) is 20.2 Å².